The molecule has 16 heavy (non-hydrogen) atoms. The van der Waals surface area contributed by atoms with Gasteiger partial charge in [-0.25, -0.2) is 4.79 Å². The second kappa shape index (κ2) is 6.74. The summed E-state index contributed by atoms with van der Waals surface area (Å²) in [4.78, 5) is 11.0. The number of esters is 1. The molecule has 1 atom stereocenters. The van der Waals surface area contributed by atoms with Crippen molar-refractivity contribution in [3.63, 3.8) is 0 Å². The summed E-state index contributed by atoms with van der Waals surface area (Å²) >= 11 is 0. The third-order valence-electron chi connectivity index (χ3n) is 1.65. The number of nitrogens with zero attached hydrogens (tertiary/aromatic N) is 1. The second-order valence-corrected chi connectivity index (χ2v) is 5.70. The summed E-state index contributed by atoms with van der Waals surface area (Å²) in [5.41, 5.74) is 0.287. The van der Waals surface area contributed by atoms with E-state index in [0.29, 0.717) is 6.61 Å². The molecule has 1 unspecified atom stereocenters. The topological polar surface area (TPSA) is 52.6 Å². The van der Waals surface area contributed by atoms with E-state index in [4.69, 9.17) is 9.26 Å². The average Bonchev–Trinajstić information content (AvgIpc) is 2.11. The molecule has 0 spiro atoms. The fourth-order valence-corrected chi connectivity index (χ4v) is 1.27. The van der Waals surface area contributed by atoms with E-state index in [1.54, 1.807) is 0 Å². The summed E-state index contributed by atoms with van der Waals surface area (Å²) in [6.07, 6.45) is -0.210. The Morgan fingerprint density at radius 2 is 1.94 bits per heavy atom. The Bertz CT molecular complexity index is 283. The first-order valence-electron chi connectivity index (χ1n) is 4.93. The quantitative estimate of drug-likeness (QED) is 0.297. The highest BCUT2D eigenvalue weighted by Gasteiger charge is 2.22. The summed E-state index contributed by atoms with van der Waals surface area (Å²) in [7, 11) is 4.10. The molecule has 0 aliphatic rings. The first-order valence-corrected chi connectivity index (χ1v) is 6.29. The zero-order chi connectivity index (χ0) is 12.8. The average molecular weight is 249 g/mol. The lowest BCUT2D eigenvalue weighted by atomic mass is 10.4. The number of hydrogen-bond donors (Lipinski definition) is 0. The normalized spacial score (nSPS) is 12.1. The lowest BCUT2D eigenvalue weighted by molar-refractivity contribution is -0.870. The number of carbonyl (C=O) groups is 1. The van der Waals surface area contributed by atoms with Gasteiger partial charge >= 0.3 is 20.3 Å². The molecule has 92 valence electrons. The van der Waals surface area contributed by atoms with Crippen LogP contribution in [0, 0.1) is 0 Å². The van der Waals surface area contributed by atoms with Crippen molar-refractivity contribution in [1.29, 1.82) is 0 Å². The zero-order valence-corrected chi connectivity index (χ0v) is 11.3. The monoisotopic (exact) mass is 249 g/mol. The SMILES string of the molecule is C=C(C)C(=O)OC[P+](=O)OCC[N+](C)(C)C. The van der Waals surface area contributed by atoms with E-state index in [9.17, 15) is 9.36 Å². The maximum Gasteiger partial charge on any atom is 0.550 e. The minimum atomic E-state index is -1.94. The molecule has 0 aromatic heterocycles. The summed E-state index contributed by atoms with van der Waals surface area (Å²) in [5.74, 6) is -0.543. The van der Waals surface area contributed by atoms with Gasteiger partial charge in [0, 0.05) is 5.57 Å². The van der Waals surface area contributed by atoms with E-state index in [1.165, 1.54) is 6.92 Å². The molecule has 0 aliphatic carbocycles. The zero-order valence-electron chi connectivity index (χ0n) is 10.4. The van der Waals surface area contributed by atoms with E-state index in [0.717, 1.165) is 11.0 Å². The van der Waals surface area contributed by atoms with Gasteiger partial charge in [-0.1, -0.05) is 6.58 Å². The van der Waals surface area contributed by atoms with E-state index < -0.39 is 14.0 Å². The van der Waals surface area contributed by atoms with Crippen molar-refractivity contribution in [1.82, 2.24) is 0 Å². The van der Waals surface area contributed by atoms with Crippen LogP contribution >= 0.6 is 8.03 Å². The van der Waals surface area contributed by atoms with Crippen LogP contribution in [0.5, 0.6) is 0 Å². The molecule has 0 aromatic rings. The van der Waals surface area contributed by atoms with Crippen LogP contribution in [0.15, 0.2) is 12.2 Å². The van der Waals surface area contributed by atoms with E-state index >= 15 is 0 Å². The second-order valence-electron chi connectivity index (χ2n) is 4.52. The molecule has 0 radical (unpaired) electrons. The van der Waals surface area contributed by atoms with Crippen LogP contribution in [-0.2, 0) is 18.6 Å². The third-order valence-corrected chi connectivity index (χ3v) is 2.46. The van der Waals surface area contributed by atoms with Crippen LogP contribution < -0.4 is 0 Å². The standard InChI is InChI=1S/C10H20NO4P/c1-9(2)10(12)14-8-16(13)15-7-6-11(3,4)5/h1,6-8H2,2-5H3/q+2. The summed E-state index contributed by atoms with van der Waals surface area (Å²) in [6.45, 7) is 6.07. The first-order chi connectivity index (χ1) is 7.22. The Kier molecular flexibility index (Phi) is 6.41. The van der Waals surface area contributed by atoms with Gasteiger partial charge in [0.25, 0.3) is 0 Å². The van der Waals surface area contributed by atoms with E-state index in [2.05, 4.69) is 6.58 Å². The molecule has 0 bridgehead atoms. The number of carbonyl (C=O) groups excluding carboxylic acids is 1. The van der Waals surface area contributed by atoms with Gasteiger partial charge in [-0.05, 0) is 11.5 Å². The molecular weight excluding hydrogens is 229 g/mol. The molecule has 5 nitrogen and oxygen atoms in total. The molecule has 0 N–H and O–H groups in total. The molecular formula is C10H20NO4P+2. The summed E-state index contributed by atoms with van der Waals surface area (Å²) < 4.78 is 21.7. The molecule has 0 aromatic carbocycles. The highest BCUT2D eigenvalue weighted by molar-refractivity contribution is 7.38. The molecule has 0 aliphatic heterocycles. The third kappa shape index (κ3) is 8.53. The van der Waals surface area contributed by atoms with Crippen molar-refractivity contribution in [3.05, 3.63) is 12.2 Å². The van der Waals surface area contributed by atoms with Gasteiger partial charge in [-0.15, -0.1) is 4.52 Å². The minimum Gasteiger partial charge on any atom is -0.412 e. The molecule has 0 fully saturated rings. The van der Waals surface area contributed by atoms with Gasteiger partial charge in [-0.3, -0.25) is 0 Å². The van der Waals surface area contributed by atoms with Crippen LogP contribution in [0.2, 0.25) is 0 Å². The van der Waals surface area contributed by atoms with Crippen LogP contribution in [0.1, 0.15) is 6.92 Å². The van der Waals surface area contributed by atoms with E-state index in [-0.39, 0.29) is 11.9 Å². The molecule has 0 saturated heterocycles. The Morgan fingerprint density at radius 1 is 1.38 bits per heavy atom. The van der Waals surface area contributed by atoms with Gasteiger partial charge in [0.2, 0.25) is 0 Å². The van der Waals surface area contributed by atoms with Crippen LogP contribution in [0.3, 0.4) is 0 Å². The van der Waals surface area contributed by atoms with Crippen LogP contribution in [-0.4, -0.2) is 51.1 Å². The van der Waals surface area contributed by atoms with Gasteiger partial charge < -0.3 is 9.22 Å². The van der Waals surface area contributed by atoms with Crippen LogP contribution in [0.4, 0.5) is 0 Å². The summed E-state index contributed by atoms with van der Waals surface area (Å²) in [5, 5.41) is 0. The maximum atomic E-state index is 11.3. The molecule has 0 rings (SSSR count). The predicted octanol–water partition coefficient (Wildman–Crippen LogP) is 1.53. The van der Waals surface area contributed by atoms with E-state index in [1.807, 2.05) is 21.1 Å². The van der Waals surface area contributed by atoms with Crippen molar-refractivity contribution in [3.8, 4) is 0 Å². The number of ether oxygens (including phenoxy) is 1. The highest BCUT2D eigenvalue weighted by atomic mass is 31.1. The molecule has 0 saturated carbocycles. The molecule has 0 amide bonds. The number of likely N-dealkylation sites (N-methyl/N-ethyl adjacent to an activating group) is 1. The largest absolute Gasteiger partial charge is 0.550 e. The number of rotatable bonds is 7. The highest BCUT2D eigenvalue weighted by Crippen LogP contribution is 2.22. The number of hydrogen-bond acceptors (Lipinski definition) is 4. The van der Waals surface area contributed by atoms with Gasteiger partial charge in [-0.2, -0.15) is 0 Å². The smallest absolute Gasteiger partial charge is 0.412 e. The minimum absolute atomic E-state index is 0.210. The maximum absolute atomic E-state index is 11.3. The Morgan fingerprint density at radius 3 is 2.38 bits per heavy atom. The Hall–Kier alpha value is -0.770. The predicted molar refractivity (Wildman–Crippen MR) is 62.2 cm³/mol. The molecule has 6 heteroatoms. The lowest BCUT2D eigenvalue weighted by Gasteiger charge is -2.21. The van der Waals surface area contributed by atoms with Crippen LogP contribution in [0.25, 0.3) is 0 Å². The van der Waals surface area contributed by atoms with Crippen molar-refractivity contribution in [2.75, 3.05) is 40.6 Å². The fourth-order valence-electron chi connectivity index (χ4n) is 0.688. The van der Waals surface area contributed by atoms with Gasteiger partial charge in [0.15, 0.2) is 6.61 Å². The van der Waals surface area contributed by atoms with Gasteiger partial charge in [0.1, 0.15) is 6.54 Å². The lowest BCUT2D eigenvalue weighted by Crippen LogP contribution is -2.37. The number of quaternary nitrogens is 1. The first kappa shape index (κ1) is 15.2. The van der Waals surface area contributed by atoms with Crippen molar-refractivity contribution in [2.24, 2.45) is 0 Å². The van der Waals surface area contributed by atoms with Crippen molar-refractivity contribution < 1.29 is 23.1 Å². The Balaban J connectivity index is 3.68. The van der Waals surface area contributed by atoms with Crippen molar-refractivity contribution >= 4 is 14.0 Å². The fraction of sp³-hybridized carbons (Fsp3) is 0.700. The molecule has 0 heterocycles. The Labute approximate surface area is 97.5 Å². The summed E-state index contributed by atoms with van der Waals surface area (Å²) in [6, 6.07) is 0. The van der Waals surface area contributed by atoms with Gasteiger partial charge in [0.05, 0.1) is 21.1 Å². The van der Waals surface area contributed by atoms with Crippen molar-refractivity contribution in [2.45, 2.75) is 6.92 Å².